The van der Waals surface area contributed by atoms with Crippen LogP contribution in [0, 0.1) is 17.8 Å². The molecule has 0 radical (unpaired) electrons. The molecule has 1 N–H and O–H groups in total. The van der Waals surface area contributed by atoms with Crippen LogP contribution in [0.25, 0.3) is 0 Å². The molecule has 2 heteroatoms. The smallest absolute Gasteiger partial charge is 0.124 e. The maximum atomic E-state index is 5.81. The summed E-state index contributed by atoms with van der Waals surface area (Å²) in [7, 11) is 2.09. The average Bonchev–Trinajstić information content (AvgIpc) is 3.17. The van der Waals surface area contributed by atoms with Crippen molar-refractivity contribution in [2.24, 2.45) is 17.8 Å². The van der Waals surface area contributed by atoms with Crippen molar-refractivity contribution in [3.8, 4) is 5.75 Å². The first-order chi connectivity index (χ1) is 9.36. The van der Waals surface area contributed by atoms with Crippen LogP contribution < -0.4 is 10.1 Å². The number of rotatable bonds is 5. The molecule has 2 aliphatic rings. The second kappa shape index (κ2) is 5.54. The van der Waals surface area contributed by atoms with Gasteiger partial charge in [0.2, 0.25) is 0 Å². The lowest BCUT2D eigenvalue weighted by Crippen LogP contribution is -2.20. The molecule has 3 unspecified atom stereocenters. The molecular weight excluding hydrogens is 234 g/mol. The van der Waals surface area contributed by atoms with Crippen LogP contribution in [0.1, 0.15) is 44.2 Å². The van der Waals surface area contributed by atoms with Gasteiger partial charge in [0.15, 0.2) is 0 Å². The number of hydrogen-bond donors (Lipinski definition) is 1. The van der Waals surface area contributed by atoms with E-state index >= 15 is 0 Å². The number of ether oxygens (including phenoxy) is 1. The van der Waals surface area contributed by atoms with Crippen LogP contribution in [-0.4, -0.2) is 13.7 Å². The fourth-order valence-electron chi connectivity index (χ4n) is 4.12. The number of hydrogen-bond acceptors (Lipinski definition) is 2. The standard InChI is InChI=1S/C17H25NO/c1-3-19-15-11-7-6-10-14(15)17(18-2)16-12-8-4-5-9-13(12)16/h6-7,10-13,16-18H,3-5,8-9H2,1-2H3. The van der Waals surface area contributed by atoms with E-state index in [0.29, 0.717) is 6.04 Å². The monoisotopic (exact) mass is 259 g/mol. The Bertz CT molecular complexity index is 419. The van der Waals surface area contributed by atoms with Crippen LogP contribution >= 0.6 is 0 Å². The molecule has 2 nitrogen and oxygen atoms in total. The fraction of sp³-hybridized carbons (Fsp3) is 0.647. The van der Waals surface area contributed by atoms with Crippen molar-refractivity contribution in [2.75, 3.05) is 13.7 Å². The Balaban J connectivity index is 1.82. The molecular formula is C17H25NO. The number of nitrogens with one attached hydrogen (secondary N) is 1. The SMILES string of the molecule is CCOc1ccccc1C(NC)C1C2CCCCC21. The van der Waals surface area contributed by atoms with E-state index in [0.717, 1.165) is 30.1 Å². The third-order valence-electron chi connectivity index (χ3n) is 4.97. The number of para-hydroxylation sites is 1. The zero-order valence-electron chi connectivity index (χ0n) is 12.1. The van der Waals surface area contributed by atoms with Gasteiger partial charge in [0.1, 0.15) is 5.75 Å². The molecule has 0 aliphatic heterocycles. The minimum absolute atomic E-state index is 0.468. The predicted molar refractivity (Wildman–Crippen MR) is 78.3 cm³/mol. The topological polar surface area (TPSA) is 21.3 Å². The maximum absolute atomic E-state index is 5.81. The minimum atomic E-state index is 0.468. The molecule has 2 saturated carbocycles. The van der Waals surface area contributed by atoms with Gasteiger partial charge in [0.25, 0.3) is 0 Å². The van der Waals surface area contributed by atoms with Crippen molar-refractivity contribution >= 4 is 0 Å². The highest BCUT2D eigenvalue weighted by atomic mass is 16.5. The molecule has 2 aliphatic carbocycles. The van der Waals surface area contributed by atoms with E-state index in [2.05, 4.69) is 43.6 Å². The molecule has 0 heterocycles. The molecule has 0 amide bonds. The van der Waals surface area contributed by atoms with Crippen LogP contribution in [0.2, 0.25) is 0 Å². The molecule has 104 valence electrons. The fourth-order valence-corrected chi connectivity index (χ4v) is 4.12. The first kappa shape index (κ1) is 13.0. The third kappa shape index (κ3) is 2.38. The Morgan fingerprint density at radius 2 is 1.89 bits per heavy atom. The van der Waals surface area contributed by atoms with Gasteiger partial charge in [-0.1, -0.05) is 31.0 Å². The Hall–Kier alpha value is -1.02. The summed E-state index contributed by atoms with van der Waals surface area (Å²) in [5.74, 6) is 3.81. The highest BCUT2D eigenvalue weighted by Gasteiger charge is 2.54. The van der Waals surface area contributed by atoms with Crippen LogP contribution in [-0.2, 0) is 0 Å². The van der Waals surface area contributed by atoms with E-state index in [1.54, 1.807) is 0 Å². The molecule has 0 bridgehead atoms. The van der Waals surface area contributed by atoms with E-state index in [1.807, 2.05) is 0 Å². The van der Waals surface area contributed by atoms with Crippen molar-refractivity contribution in [1.82, 2.24) is 5.32 Å². The van der Waals surface area contributed by atoms with Crippen LogP contribution in [0.5, 0.6) is 5.75 Å². The Labute approximate surface area is 116 Å². The van der Waals surface area contributed by atoms with Crippen molar-refractivity contribution in [1.29, 1.82) is 0 Å². The Kier molecular flexibility index (Phi) is 3.79. The van der Waals surface area contributed by atoms with Gasteiger partial charge in [-0.25, -0.2) is 0 Å². The van der Waals surface area contributed by atoms with E-state index in [9.17, 15) is 0 Å². The first-order valence-electron chi connectivity index (χ1n) is 7.75. The summed E-state index contributed by atoms with van der Waals surface area (Å²) in [6.45, 7) is 2.80. The van der Waals surface area contributed by atoms with Crippen LogP contribution in [0.4, 0.5) is 0 Å². The van der Waals surface area contributed by atoms with Crippen molar-refractivity contribution in [2.45, 2.75) is 38.6 Å². The van der Waals surface area contributed by atoms with Gasteiger partial charge in [-0.15, -0.1) is 0 Å². The van der Waals surface area contributed by atoms with E-state index in [4.69, 9.17) is 4.74 Å². The second-order valence-electron chi connectivity index (χ2n) is 5.93. The normalized spacial score (nSPS) is 30.5. The summed E-state index contributed by atoms with van der Waals surface area (Å²) >= 11 is 0. The molecule has 0 saturated heterocycles. The Morgan fingerprint density at radius 3 is 2.53 bits per heavy atom. The van der Waals surface area contributed by atoms with Gasteiger partial charge >= 0.3 is 0 Å². The zero-order valence-corrected chi connectivity index (χ0v) is 12.1. The molecule has 2 fully saturated rings. The number of benzene rings is 1. The number of fused-ring (bicyclic) bond motifs is 1. The Morgan fingerprint density at radius 1 is 1.21 bits per heavy atom. The molecule has 3 rings (SSSR count). The summed E-state index contributed by atoms with van der Waals surface area (Å²) in [6.07, 6.45) is 5.73. The van der Waals surface area contributed by atoms with Crippen LogP contribution in [0.15, 0.2) is 24.3 Å². The molecule has 1 aromatic carbocycles. The first-order valence-corrected chi connectivity index (χ1v) is 7.75. The van der Waals surface area contributed by atoms with Crippen LogP contribution in [0.3, 0.4) is 0 Å². The second-order valence-corrected chi connectivity index (χ2v) is 5.93. The van der Waals surface area contributed by atoms with Gasteiger partial charge in [-0.3, -0.25) is 0 Å². The highest BCUT2D eigenvalue weighted by Crippen LogP contribution is 2.60. The van der Waals surface area contributed by atoms with Crippen molar-refractivity contribution in [3.05, 3.63) is 29.8 Å². The minimum Gasteiger partial charge on any atom is -0.494 e. The highest BCUT2D eigenvalue weighted by molar-refractivity contribution is 5.37. The summed E-state index contributed by atoms with van der Waals surface area (Å²) in [6, 6.07) is 9.01. The molecule has 0 aromatic heterocycles. The largest absolute Gasteiger partial charge is 0.494 e. The summed E-state index contributed by atoms with van der Waals surface area (Å²) in [5.41, 5.74) is 1.35. The van der Waals surface area contributed by atoms with E-state index in [-0.39, 0.29) is 0 Å². The predicted octanol–water partition coefficient (Wildman–Crippen LogP) is 3.78. The molecule has 1 aromatic rings. The maximum Gasteiger partial charge on any atom is 0.124 e. The lowest BCUT2D eigenvalue weighted by Gasteiger charge is -2.20. The van der Waals surface area contributed by atoms with Gasteiger partial charge in [0, 0.05) is 11.6 Å². The van der Waals surface area contributed by atoms with Gasteiger partial charge in [-0.2, -0.15) is 0 Å². The van der Waals surface area contributed by atoms with E-state index in [1.165, 1.54) is 31.2 Å². The van der Waals surface area contributed by atoms with Gasteiger partial charge in [-0.05, 0) is 50.6 Å². The summed E-state index contributed by atoms with van der Waals surface area (Å²) in [4.78, 5) is 0. The summed E-state index contributed by atoms with van der Waals surface area (Å²) < 4.78 is 5.81. The van der Waals surface area contributed by atoms with E-state index < -0.39 is 0 Å². The van der Waals surface area contributed by atoms with Crippen molar-refractivity contribution < 1.29 is 4.74 Å². The zero-order chi connectivity index (χ0) is 13.2. The molecule has 19 heavy (non-hydrogen) atoms. The quantitative estimate of drug-likeness (QED) is 0.869. The third-order valence-corrected chi connectivity index (χ3v) is 4.97. The molecule has 0 spiro atoms. The average molecular weight is 259 g/mol. The lowest BCUT2D eigenvalue weighted by atomic mass is 9.99. The lowest BCUT2D eigenvalue weighted by molar-refractivity contribution is 0.328. The van der Waals surface area contributed by atoms with Gasteiger partial charge < -0.3 is 10.1 Å². The molecule has 3 atom stereocenters. The van der Waals surface area contributed by atoms with Gasteiger partial charge in [0.05, 0.1) is 6.61 Å². The van der Waals surface area contributed by atoms with Crippen molar-refractivity contribution in [3.63, 3.8) is 0 Å². The summed E-state index contributed by atoms with van der Waals surface area (Å²) in [5, 5.41) is 3.56.